The number of fused-ring (bicyclic) bond motifs is 2. The Bertz CT molecular complexity index is 1100. The number of H-pyrrole nitrogens is 1. The molecule has 0 saturated carbocycles. The molecule has 4 aromatic rings. The summed E-state index contributed by atoms with van der Waals surface area (Å²) in [5, 5.41) is 6.00. The molecule has 0 spiro atoms. The molecular formula is C20H16N4O2. The number of aromatic nitrogens is 2. The summed E-state index contributed by atoms with van der Waals surface area (Å²) in [4.78, 5) is 19.4. The molecule has 2 aromatic carbocycles. The van der Waals surface area contributed by atoms with Crippen LogP contribution < -0.4 is 10.2 Å². The number of para-hydroxylation sites is 2. The van der Waals surface area contributed by atoms with E-state index in [9.17, 15) is 4.79 Å². The number of carbonyl (C=O) groups excluding carboxylic acids is 1. The molecular weight excluding hydrogens is 328 g/mol. The van der Waals surface area contributed by atoms with Crippen LogP contribution in [0.1, 0.15) is 5.56 Å². The van der Waals surface area contributed by atoms with Crippen LogP contribution in [0.3, 0.4) is 0 Å². The lowest BCUT2D eigenvalue weighted by atomic mass is 10.2. The lowest BCUT2D eigenvalue weighted by molar-refractivity contribution is -0.123. The average Bonchev–Trinajstić information content (AvgIpc) is 3.09. The molecule has 2 heterocycles. The van der Waals surface area contributed by atoms with Gasteiger partial charge in [0.15, 0.2) is 6.61 Å². The summed E-state index contributed by atoms with van der Waals surface area (Å²) in [6.07, 6.45) is 5.15. The maximum Gasteiger partial charge on any atom is 0.277 e. The van der Waals surface area contributed by atoms with Crippen LogP contribution in [-0.2, 0) is 4.79 Å². The van der Waals surface area contributed by atoms with Gasteiger partial charge in [0, 0.05) is 34.2 Å². The topological polar surface area (TPSA) is 79.4 Å². The van der Waals surface area contributed by atoms with Gasteiger partial charge < -0.3 is 9.72 Å². The van der Waals surface area contributed by atoms with Gasteiger partial charge in [0.25, 0.3) is 5.91 Å². The highest BCUT2D eigenvalue weighted by Gasteiger charge is 2.06. The van der Waals surface area contributed by atoms with Gasteiger partial charge in [-0.15, -0.1) is 0 Å². The van der Waals surface area contributed by atoms with Crippen molar-refractivity contribution in [1.82, 2.24) is 15.4 Å². The van der Waals surface area contributed by atoms with E-state index in [-0.39, 0.29) is 12.5 Å². The number of carbonyl (C=O) groups is 1. The molecule has 6 nitrogen and oxygen atoms in total. The zero-order chi connectivity index (χ0) is 17.8. The SMILES string of the molecule is O=C(COc1cccc2cccnc12)N/N=C/c1c[nH]c2ccccc12. The molecule has 1 amide bonds. The van der Waals surface area contributed by atoms with Gasteiger partial charge in [-0.25, -0.2) is 5.43 Å². The van der Waals surface area contributed by atoms with E-state index < -0.39 is 0 Å². The first-order chi connectivity index (χ1) is 12.8. The summed E-state index contributed by atoms with van der Waals surface area (Å²) in [7, 11) is 0. The summed E-state index contributed by atoms with van der Waals surface area (Å²) < 4.78 is 5.58. The Morgan fingerprint density at radius 1 is 1.15 bits per heavy atom. The van der Waals surface area contributed by atoms with Crippen molar-refractivity contribution in [2.24, 2.45) is 5.10 Å². The summed E-state index contributed by atoms with van der Waals surface area (Å²) >= 11 is 0. The molecule has 0 bridgehead atoms. The van der Waals surface area contributed by atoms with E-state index in [1.165, 1.54) is 0 Å². The van der Waals surface area contributed by atoms with Gasteiger partial charge in [0.1, 0.15) is 11.3 Å². The first-order valence-corrected chi connectivity index (χ1v) is 8.16. The molecule has 26 heavy (non-hydrogen) atoms. The van der Waals surface area contributed by atoms with Gasteiger partial charge in [-0.1, -0.05) is 36.4 Å². The van der Waals surface area contributed by atoms with E-state index in [1.807, 2.05) is 54.7 Å². The predicted molar refractivity (Wildman–Crippen MR) is 101 cm³/mol. The number of ether oxygens (including phenoxy) is 1. The Hall–Kier alpha value is -3.67. The third kappa shape index (κ3) is 3.25. The number of hydrogen-bond acceptors (Lipinski definition) is 4. The zero-order valence-corrected chi connectivity index (χ0v) is 13.8. The molecule has 0 aliphatic heterocycles. The number of amides is 1. The van der Waals surface area contributed by atoms with Gasteiger partial charge in [-0.3, -0.25) is 9.78 Å². The van der Waals surface area contributed by atoms with Crippen molar-refractivity contribution in [1.29, 1.82) is 0 Å². The largest absolute Gasteiger partial charge is 0.481 e. The number of benzene rings is 2. The van der Waals surface area contributed by atoms with E-state index in [4.69, 9.17) is 4.74 Å². The maximum absolute atomic E-state index is 12.0. The summed E-state index contributed by atoms with van der Waals surface area (Å²) in [5.41, 5.74) is 5.13. The summed E-state index contributed by atoms with van der Waals surface area (Å²) in [5.74, 6) is 0.230. The second-order valence-electron chi connectivity index (χ2n) is 5.70. The van der Waals surface area contributed by atoms with Crippen molar-refractivity contribution in [3.63, 3.8) is 0 Å². The van der Waals surface area contributed by atoms with Crippen LogP contribution >= 0.6 is 0 Å². The number of nitrogens with one attached hydrogen (secondary N) is 2. The minimum Gasteiger partial charge on any atom is -0.481 e. The second kappa shape index (κ2) is 7.06. The molecule has 0 radical (unpaired) electrons. The van der Waals surface area contributed by atoms with Crippen LogP contribution in [0.25, 0.3) is 21.8 Å². The van der Waals surface area contributed by atoms with Crippen molar-refractivity contribution in [3.05, 3.63) is 72.6 Å². The molecule has 6 heteroatoms. The monoisotopic (exact) mass is 344 g/mol. The third-order valence-corrected chi connectivity index (χ3v) is 3.97. The average molecular weight is 344 g/mol. The number of hydrazone groups is 1. The van der Waals surface area contributed by atoms with Gasteiger partial charge in [0.05, 0.1) is 6.21 Å². The Labute approximate surface area is 149 Å². The lowest BCUT2D eigenvalue weighted by Crippen LogP contribution is -2.24. The fraction of sp³-hybridized carbons (Fsp3) is 0.0500. The molecule has 0 saturated heterocycles. The highest BCUT2D eigenvalue weighted by atomic mass is 16.5. The van der Waals surface area contributed by atoms with Crippen molar-refractivity contribution in [3.8, 4) is 5.75 Å². The zero-order valence-electron chi connectivity index (χ0n) is 13.8. The summed E-state index contributed by atoms with van der Waals surface area (Å²) in [6.45, 7) is -0.138. The highest BCUT2D eigenvalue weighted by Crippen LogP contribution is 2.22. The van der Waals surface area contributed by atoms with E-state index in [0.717, 1.165) is 27.4 Å². The van der Waals surface area contributed by atoms with Gasteiger partial charge >= 0.3 is 0 Å². The number of pyridine rings is 1. The van der Waals surface area contributed by atoms with Gasteiger partial charge in [-0.2, -0.15) is 5.10 Å². The van der Waals surface area contributed by atoms with Crippen molar-refractivity contribution >= 4 is 33.9 Å². The molecule has 4 rings (SSSR count). The van der Waals surface area contributed by atoms with Gasteiger partial charge in [0.2, 0.25) is 0 Å². The minimum absolute atomic E-state index is 0.138. The van der Waals surface area contributed by atoms with Crippen LogP contribution in [-0.4, -0.2) is 28.7 Å². The normalized spacial score (nSPS) is 11.2. The van der Waals surface area contributed by atoms with Gasteiger partial charge in [-0.05, 0) is 18.2 Å². The molecule has 0 aliphatic rings. The molecule has 0 unspecified atom stereocenters. The number of aromatic amines is 1. The Balaban J connectivity index is 1.38. The number of hydrogen-bond donors (Lipinski definition) is 2. The molecule has 2 aromatic heterocycles. The van der Waals surface area contributed by atoms with Crippen LogP contribution in [0.15, 0.2) is 72.1 Å². The van der Waals surface area contributed by atoms with Crippen LogP contribution in [0.5, 0.6) is 5.75 Å². The molecule has 0 fully saturated rings. The first kappa shape index (κ1) is 15.8. The van der Waals surface area contributed by atoms with Crippen LogP contribution in [0, 0.1) is 0 Å². The summed E-state index contributed by atoms with van der Waals surface area (Å²) in [6, 6.07) is 17.3. The first-order valence-electron chi connectivity index (χ1n) is 8.16. The minimum atomic E-state index is -0.339. The Kier molecular flexibility index (Phi) is 4.30. The standard InChI is InChI=1S/C20H16N4O2/c25-19(13-26-18-9-3-5-14-6-4-10-21-20(14)18)24-23-12-15-11-22-17-8-2-1-7-16(15)17/h1-12,22H,13H2,(H,24,25)/b23-12+. The molecule has 0 aliphatic carbocycles. The molecule has 2 N–H and O–H groups in total. The number of nitrogens with zero attached hydrogens (tertiary/aromatic N) is 2. The van der Waals surface area contributed by atoms with E-state index in [1.54, 1.807) is 18.5 Å². The van der Waals surface area contributed by atoms with Crippen molar-refractivity contribution in [2.75, 3.05) is 6.61 Å². The van der Waals surface area contributed by atoms with E-state index in [2.05, 4.69) is 20.5 Å². The Morgan fingerprint density at radius 3 is 3.00 bits per heavy atom. The lowest BCUT2D eigenvalue weighted by Gasteiger charge is -2.07. The smallest absolute Gasteiger partial charge is 0.277 e. The van der Waals surface area contributed by atoms with Crippen LogP contribution in [0.4, 0.5) is 0 Å². The van der Waals surface area contributed by atoms with Crippen molar-refractivity contribution in [2.45, 2.75) is 0 Å². The molecule has 0 atom stereocenters. The third-order valence-electron chi connectivity index (χ3n) is 3.97. The maximum atomic E-state index is 12.0. The number of rotatable bonds is 5. The fourth-order valence-electron chi connectivity index (χ4n) is 2.74. The second-order valence-corrected chi connectivity index (χ2v) is 5.70. The molecule has 128 valence electrons. The van der Waals surface area contributed by atoms with Crippen molar-refractivity contribution < 1.29 is 9.53 Å². The quantitative estimate of drug-likeness (QED) is 0.431. The predicted octanol–water partition coefficient (Wildman–Crippen LogP) is 3.25. The van der Waals surface area contributed by atoms with E-state index in [0.29, 0.717) is 5.75 Å². The van der Waals surface area contributed by atoms with Crippen LogP contribution in [0.2, 0.25) is 0 Å². The van der Waals surface area contributed by atoms with E-state index >= 15 is 0 Å². The fourth-order valence-corrected chi connectivity index (χ4v) is 2.74. The Morgan fingerprint density at radius 2 is 2.04 bits per heavy atom. The highest BCUT2D eigenvalue weighted by molar-refractivity contribution is 5.99.